The molecule has 3 N–H and O–H groups in total. The van der Waals surface area contributed by atoms with Gasteiger partial charge in [-0.25, -0.2) is 10.8 Å². The van der Waals surface area contributed by atoms with Gasteiger partial charge >= 0.3 is 0 Å². The highest BCUT2D eigenvalue weighted by atomic mass is 15.3. The predicted octanol–water partition coefficient (Wildman–Crippen LogP) is 0.751. The summed E-state index contributed by atoms with van der Waals surface area (Å²) in [5.74, 6) is 6.69. The first-order chi connectivity index (χ1) is 6.85. The molecule has 1 aliphatic carbocycles. The van der Waals surface area contributed by atoms with Gasteiger partial charge in [-0.2, -0.15) is 4.98 Å². The molecule has 0 aliphatic heterocycles. The molecule has 14 heavy (non-hydrogen) atoms. The van der Waals surface area contributed by atoms with Gasteiger partial charge in [-0.05, 0) is 25.8 Å². The van der Waals surface area contributed by atoms with E-state index in [4.69, 9.17) is 5.84 Å². The molecule has 0 amide bonds. The Balaban J connectivity index is 2.20. The van der Waals surface area contributed by atoms with Crippen molar-refractivity contribution in [3.63, 3.8) is 0 Å². The average molecular weight is 193 g/mol. The third kappa shape index (κ3) is 1.77. The molecule has 0 atom stereocenters. The molecule has 1 heterocycles. The SMILES string of the molecule is CCN(c1ccnc(NN)n1)C1CC1. The van der Waals surface area contributed by atoms with Crippen molar-refractivity contribution in [2.75, 3.05) is 16.9 Å². The first kappa shape index (κ1) is 9.21. The van der Waals surface area contributed by atoms with Crippen LogP contribution in [0.1, 0.15) is 19.8 Å². The lowest BCUT2D eigenvalue weighted by atomic mass is 10.4. The highest BCUT2D eigenvalue weighted by molar-refractivity contribution is 5.44. The van der Waals surface area contributed by atoms with Crippen LogP contribution in [0.4, 0.5) is 11.8 Å². The Morgan fingerprint density at radius 1 is 1.64 bits per heavy atom. The third-order valence-corrected chi connectivity index (χ3v) is 2.39. The fourth-order valence-electron chi connectivity index (χ4n) is 1.57. The number of rotatable bonds is 4. The van der Waals surface area contributed by atoms with Crippen molar-refractivity contribution in [3.8, 4) is 0 Å². The van der Waals surface area contributed by atoms with Crippen molar-refractivity contribution in [1.82, 2.24) is 9.97 Å². The predicted molar refractivity (Wildman–Crippen MR) is 55.9 cm³/mol. The molecular formula is C9H15N5. The standard InChI is InChI=1S/C9H15N5/c1-2-14(7-3-4-7)8-5-6-11-9(12-8)13-10/h5-7H,2-4,10H2,1H3,(H,11,12,13). The molecule has 0 aromatic carbocycles. The number of nitrogen functional groups attached to an aromatic ring is 1. The number of nitrogens with one attached hydrogen (secondary N) is 1. The van der Waals surface area contributed by atoms with Gasteiger partial charge < -0.3 is 4.90 Å². The van der Waals surface area contributed by atoms with Gasteiger partial charge in [-0.15, -0.1) is 0 Å². The molecule has 0 saturated heterocycles. The van der Waals surface area contributed by atoms with Gasteiger partial charge in [-0.3, -0.25) is 5.43 Å². The summed E-state index contributed by atoms with van der Waals surface area (Å²) in [6.07, 6.45) is 4.26. The maximum Gasteiger partial charge on any atom is 0.239 e. The Morgan fingerprint density at radius 3 is 3.00 bits per heavy atom. The van der Waals surface area contributed by atoms with Crippen molar-refractivity contribution < 1.29 is 0 Å². The Morgan fingerprint density at radius 2 is 2.43 bits per heavy atom. The van der Waals surface area contributed by atoms with E-state index in [9.17, 15) is 0 Å². The average Bonchev–Trinajstić information content (AvgIpc) is 3.04. The van der Waals surface area contributed by atoms with E-state index in [1.54, 1.807) is 6.20 Å². The normalized spacial score (nSPS) is 15.3. The number of hydrogen-bond acceptors (Lipinski definition) is 5. The molecule has 5 nitrogen and oxygen atoms in total. The number of aromatic nitrogens is 2. The molecule has 1 fully saturated rings. The van der Waals surface area contributed by atoms with Gasteiger partial charge in [0, 0.05) is 18.8 Å². The summed E-state index contributed by atoms with van der Waals surface area (Å²) < 4.78 is 0. The zero-order valence-electron chi connectivity index (χ0n) is 8.27. The molecule has 5 heteroatoms. The molecule has 1 saturated carbocycles. The Bertz CT molecular complexity index is 310. The van der Waals surface area contributed by atoms with Crippen LogP contribution < -0.4 is 16.2 Å². The Hall–Kier alpha value is -1.36. The van der Waals surface area contributed by atoms with Crippen molar-refractivity contribution in [2.45, 2.75) is 25.8 Å². The highest BCUT2D eigenvalue weighted by Crippen LogP contribution is 2.30. The molecule has 0 radical (unpaired) electrons. The van der Waals surface area contributed by atoms with Gasteiger partial charge in [0.2, 0.25) is 5.95 Å². The van der Waals surface area contributed by atoms with Crippen molar-refractivity contribution in [3.05, 3.63) is 12.3 Å². The van der Waals surface area contributed by atoms with E-state index in [0.29, 0.717) is 12.0 Å². The van der Waals surface area contributed by atoms with Crippen molar-refractivity contribution in [1.29, 1.82) is 0 Å². The second-order valence-corrected chi connectivity index (χ2v) is 3.40. The molecule has 0 unspecified atom stereocenters. The number of hydrogen-bond donors (Lipinski definition) is 2. The van der Waals surface area contributed by atoms with Gasteiger partial charge in [0.1, 0.15) is 5.82 Å². The van der Waals surface area contributed by atoms with E-state index in [2.05, 4.69) is 27.2 Å². The molecular weight excluding hydrogens is 178 g/mol. The maximum atomic E-state index is 5.26. The summed E-state index contributed by atoms with van der Waals surface area (Å²) in [5.41, 5.74) is 2.46. The van der Waals surface area contributed by atoms with Gasteiger partial charge in [0.05, 0.1) is 0 Å². The summed E-state index contributed by atoms with van der Waals surface area (Å²) in [6.45, 7) is 3.11. The largest absolute Gasteiger partial charge is 0.354 e. The van der Waals surface area contributed by atoms with Gasteiger partial charge in [-0.1, -0.05) is 0 Å². The number of nitrogens with two attached hydrogens (primary N) is 1. The zero-order valence-corrected chi connectivity index (χ0v) is 8.27. The summed E-state index contributed by atoms with van der Waals surface area (Å²) in [6, 6.07) is 2.59. The molecule has 1 aromatic heterocycles. The lowest BCUT2D eigenvalue weighted by molar-refractivity contribution is 0.805. The maximum absolute atomic E-state index is 5.26. The molecule has 76 valence electrons. The van der Waals surface area contributed by atoms with Crippen LogP contribution in [0.5, 0.6) is 0 Å². The van der Waals surface area contributed by atoms with E-state index in [-0.39, 0.29) is 0 Å². The van der Waals surface area contributed by atoms with Gasteiger partial charge in [0.25, 0.3) is 0 Å². The van der Waals surface area contributed by atoms with Crippen molar-refractivity contribution >= 4 is 11.8 Å². The molecule has 0 bridgehead atoms. The second kappa shape index (κ2) is 3.79. The first-order valence-electron chi connectivity index (χ1n) is 4.91. The quantitative estimate of drug-likeness (QED) is 0.545. The summed E-state index contributed by atoms with van der Waals surface area (Å²) >= 11 is 0. The van der Waals surface area contributed by atoms with E-state index in [1.807, 2.05) is 6.07 Å². The first-order valence-corrected chi connectivity index (χ1v) is 4.91. The fraction of sp³-hybridized carbons (Fsp3) is 0.556. The molecule has 1 aromatic rings. The van der Waals surface area contributed by atoms with Crippen LogP contribution in [0.2, 0.25) is 0 Å². The smallest absolute Gasteiger partial charge is 0.239 e. The second-order valence-electron chi connectivity index (χ2n) is 3.40. The topological polar surface area (TPSA) is 67.1 Å². The minimum atomic E-state index is 0.474. The van der Waals surface area contributed by atoms with E-state index in [0.717, 1.165) is 12.4 Å². The van der Waals surface area contributed by atoms with Gasteiger partial charge in [0.15, 0.2) is 0 Å². The van der Waals surface area contributed by atoms with Crippen LogP contribution >= 0.6 is 0 Å². The Labute approximate surface area is 83.3 Å². The van der Waals surface area contributed by atoms with Crippen LogP contribution in [0, 0.1) is 0 Å². The van der Waals surface area contributed by atoms with Crippen LogP contribution in [-0.2, 0) is 0 Å². The van der Waals surface area contributed by atoms with Crippen LogP contribution in [-0.4, -0.2) is 22.6 Å². The number of anilines is 2. The summed E-state index contributed by atoms with van der Waals surface area (Å²) in [7, 11) is 0. The van der Waals surface area contributed by atoms with E-state index >= 15 is 0 Å². The van der Waals surface area contributed by atoms with Crippen LogP contribution in [0.25, 0.3) is 0 Å². The van der Waals surface area contributed by atoms with Crippen molar-refractivity contribution in [2.24, 2.45) is 5.84 Å². The van der Waals surface area contributed by atoms with E-state index < -0.39 is 0 Å². The lowest BCUT2D eigenvalue weighted by Gasteiger charge is -2.21. The van der Waals surface area contributed by atoms with Crippen LogP contribution in [0.3, 0.4) is 0 Å². The third-order valence-electron chi connectivity index (χ3n) is 2.39. The summed E-state index contributed by atoms with van der Waals surface area (Å²) in [4.78, 5) is 10.6. The fourth-order valence-corrected chi connectivity index (χ4v) is 1.57. The summed E-state index contributed by atoms with van der Waals surface area (Å²) in [5, 5.41) is 0. The van der Waals surface area contributed by atoms with E-state index in [1.165, 1.54) is 12.8 Å². The molecule has 2 rings (SSSR count). The minimum Gasteiger partial charge on any atom is -0.354 e. The number of hydrazine groups is 1. The van der Waals surface area contributed by atoms with Crippen LogP contribution in [0.15, 0.2) is 12.3 Å². The number of nitrogens with zero attached hydrogens (tertiary/aromatic N) is 3. The minimum absolute atomic E-state index is 0.474. The zero-order chi connectivity index (χ0) is 9.97. The lowest BCUT2D eigenvalue weighted by Crippen LogP contribution is -2.26. The highest BCUT2D eigenvalue weighted by Gasteiger charge is 2.28. The molecule has 1 aliphatic rings. The Kier molecular flexibility index (Phi) is 2.49. The molecule has 0 spiro atoms. The monoisotopic (exact) mass is 193 g/mol.